The van der Waals surface area contributed by atoms with Crippen LogP contribution in [0.15, 0.2) is 22.7 Å². The number of halogens is 1. The van der Waals surface area contributed by atoms with E-state index in [9.17, 15) is 0 Å². The fourth-order valence-electron chi connectivity index (χ4n) is 2.22. The standard InChI is InChI=1S/C14H15BrN2S/c1-8(2)16-7-13-17-14-9-4-3-5-11(15)10(9)6-12(14)18-13/h3-5,8,16H,6-7H2,1-2H3. The smallest absolute Gasteiger partial charge is 0.107 e. The molecular weight excluding hydrogens is 308 g/mol. The molecule has 2 nitrogen and oxygen atoms in total. The highest BCUT2D eigenvalue weighted by Crippen LogP contribution is 2.42. The van der Waals surface area contributed by atoms with Crippen LogP contribution in [0.4, 0.5) is 0 Å². The van der Waals surface area contributed by atoms with Crippen LogP contribution in [0.1, 0.15) is 29.3 Å². The van der Waals surface area contributed by atoms with Crippen molar-refractivity contribution in [3.8, 4) is 11.3 Å². The monoisotopic (exact) mass is 322 g/mol. The molecule has 0 saturated heterocycles. The molecule has 0 saturated carbocycles. The summed E-state index contributed by atoms with van der Waals surface area (Å²) < 4.78 is 1.20. The number of thiazole rings is 1. The Labute approximate surface area is 120 Å². The zero-order chi connectivity index (χ0) is 12.7. The van der Waals surface area contributed by atoms with Gasteiger partial charge in [0.1, 0.15) is 5.01 Å². The van der Waals surface area contributed by atoms with Gasteiger partial charge in [0.15, 0.2) is 0 Å². The maximum atomic E-state index is 4.78. The molecule has 3 rings (SSSR count). The van der Waals surface area contributed by atoms with Crippen LogP contribution < -0.4 is 5.32 Å². The van der Waals surface area contributed by atoms with E-state index in [1.165, 1.54) is 31.2 Å². The molecule has 0 radical (unpaired) electrons. The van der Waals surface area contributed by atoms with Gasteiger partial charge < -0.3 is 5.32 Å². The highest BCUT2D eigenvalue weighted by atomic mass is 79.9. The Morgan fingerprint density at radius 3 is 3.06 bits per heavy atom. The zero-order valence-corrected chi connectivity index (χ0v) is 12.9. The lowest BCUT2D eigenvalue weighted by Gasteiger charge is -2.05. The summed E-state index contributed by atoms with van der Waals surface area (Å²) in [4.78, 5) is 6.18. The van der Waals surface area contributed by atoms with Gasteiger partial charge in [-0.2, -0.15) is 0 Å². The maximum absolute atomic E-state index is 4.78. The third-order valence-electron chi connectivity index (χ3n) is 3.11. The van der Waals surface area contributed by atoms with Crippen molar-refractivity contribution in [3.05, 3.63) is 38.1 Å². The topological polar surface area (TPSA) is 24.9 Å². The van der Waals surface area contributed by atoms with Gasteiger partial charge >= 0.3 is 0 Å². The van der Waals surface area contributed by atoms with Crippen molar-refractivity contribution in [2.45, 2.75) is 32.9 Å². The molecule has 1 aliphatic carbocycles. The second-order valence-corrected chi connectivity index (χ2v) is 6.88. The van der Waals surface area contributed by atoms with Gasteiger partial charge in [-0.25, -0.2) is 4.98 Å². The Morgan fingerprint density at radius 1 is 1.44 bits per heavy atom. The van der Waals surface area contributed by atoms with Crippen LogP contribution in [0, 0.1) is 0 Å². The summed E-state index contributed by atoms with van der Waals surface area (Å²) in [5.41, 5.74) is 3.87. The van der Waals surface area contributed by atoms with E-state index in [2.05, 4.69) is 53.3 Å². The highest BCUT2D eigenvalue weighted by Gasteiger charge is 2.24. The lowest BCUT2D eigenvalue weighted by molar-refractivity contribution is 0.587. The lowest BCUT2D eigenvalue weighted by Crippen LogP contribution is -2.21. The molecule has 18 heavy (non-hydrogen) atoms. The second kappa shape index (κ2) is 4.76. The van der Waals surface area contributed by atoms with Crippen molar-refractivity contribution in [1.82, 2.24) is 10.3 Å². The second-order valence-electron chi connectivity index (χ2n) is 4.86. The van der Waals surface area contributed by atoms with Gasteiger partial charge in [-0.1, -0.05) is 41.9 Å². The number of aromatic nitrogens is 1. The Morgan fingerprint density at radius 2 is 2.28 bits per heavy atom. The van der Waals surface area contributed by atoms with Crippen LogP contribution in [0.5, 0.6) is 0 Å². The molecule has 0 spiro atoms. The molecule has 0 bridgehead atoms. The molecule has 0 fully saturated rings. The van der Waals surface area contributed by atoms with Gasteiger partial charge in [0.05, 0.1) is 5.69 Å². The molecule has 1 aromatic carbocycles. The van der Waals surface area contributed by atoms with E-state index in [1.807, 2.05) is 11.3 Å². The van der Waals surface area contributed by atoms with Crippen molar-refractivity contribution < 1.29 is 0 Å². The fraction of sp³-hybridized carbons (Fsp3) is 0.357. The Hall–Kier alpha value is -0.710. The molecule has 1 heterocycles. The first-order valence-corrected chi connectivity index (χ1v) is 7.76. The summed E-state index contributed by atoms with van der Waals surface area (Å²) in [6.45, 7) is 5.19. The number of hydrogen-bond donors (Lipinski definition) is 1. The number of nitrogens with zero attached hydrogens (tertiary/aromatic N) is 1. The van der Waals surface area contributed by atoms with Crippen LogP contribution in [-0.2, 0) is 13.0 Å². The van der Waals surface area contributed by atoms with Gasteiger partial charge in [-0.3, -0.25) is 0 Å². The predicted molar refractivity (Wildman–Crippen MR) is 80.0 cm³/mol. The van der Waals surface area contributed by atoms with E-state index < -0.39 is 0 Å². The minimum atomic E-state index is 0.505. The third kappa shape index (κ3) is 2.13. The fourth-order valence-corrected chi connectivity index (χ4v) is 3.77. The summed E-state index contributed by atoms with van der Waals surface area (Å²) in [7, 11) is 0. The van der Waals surface area contributed by atoms with Gasteiger partial charge in [0.25, 0.3) is 0 Å². The largest absolute Gasteiger partial charge is 0.308 e. The Kier molecular flexibility index (Phi) is 3.26. The van der Waals surface area contributed by atoms with Gasteiger partial charge in [-0.15, -0.1) is 11.3 Å². The number of rotatable bonds is 3. The van der Waals surface area contributed by atoms with Crippen LogP contribution >= 0.6 is 27.3 Å². The molecule has 1 N–H and O–H groups in total. The lowest BCUT2D eigenvalue weighted by atomic mass is 10.1. The van der Waals surface area contributed by atoms with Crippen molar-refractivity contribution in [2.75, 3.05) is 0 Å². The first-order chi connectivity index (χ1) is 8.65. The van der Waals surface area contributed by atoms with E-state index in [0.29, 0.717) is 6.04 Å². The molecule has 94 valence electrons. The van der Waals surface area contributed by atoms with E-state index in [1.54, 1.807) is 0 Å². The number of benzene rings is 1. The summed E-state index contributed by atoms with van der Waals surface area (Å²) in [5.74, 6) is 0. The van der Waals surface area contributed by atoms with E-state index >= 15 is 0 Å². The van der Waals surface area contributed by atoms with Crippen molar-refractivity contribution in [2.24, 2.45) is 0 Å². The van der Waals surface area contributed by atoms with Crippen LogP contribution in [0.25, 0.3) is 11.3 Å². The number of fused-ring (bicyclic) bond motifs is 3. The van der Waals surface area contributed by atoms with Crippen LogP contribution in [0.2, 0.25) is 0 Å². The first-order valence-electron chi connectivity index (χ1n) is 6.15. The van der Waals surface area contributed by atoms with Gasteiger partial charge in [-0.05, 0) is 11.6 Å². The van der Waals surface area contributed by atoms with E-state index in [4.69, 9.17) is 4.98 Å². The van der Waals surface area contributed by atoms with Gasteiger partial charge in [0.2, 0.25) is 0 Å². The SMILES string of the molecule is CC(C)NCc1nc2c(s1)Cc1c(Br)cccc1-2. The Balaban J connectivity index is 1.91. The first kappa shape index (κ1) is 12.3. The summed E-state index contributed by atoms with van der Waals surface area (Å²) >= 11 is 5.46. The van der Waals surface area contributed by atoms with Crippen LogP contribution in [0.3, 0.4) is 0 Å². The average molecular weight is 323 g/mol. The molecule has 1 aliphatic rings. The minimum absolute atomic E-state index is 0.505. The molecule has 0 atom stereocenters. The molecule has 2 aromatic rings. The minimum Gasteiger partial charge on any atom is -0.308 e. The van der Waals surface area contributed by atoms with Crippen molar-refractivity contribution in [3.63, 3.8) is 0 Å². The van der Waals surface area contributed by atoms with Crippen LogP contribution in [-0.4, -0.2) is 11.0 Å². The third-order valence-corrected chi connectivity index (χ3v) is 4.91. The highest BCUT2D eigenvalue weighted by molar-refractivity contribution is 9.10. The predicted octanol–water partition coefficient (Wildman–Crippen LogP) is 3.97. The zero-order valence-electron chi connectivity index (χ0n) is 10.5. The molecule has 0 unspecified atom stereocenters. The van der Waals surface area contributed by atoms with E-state index in [0.717, 1.165) is 13.0 Å². The quantitative estimate of drug-likeness (QED) is 0.789. The summed E-state index contributed by atoms with van der Waals surface area (Å²) in [6, 6.07) is 6.87. The number of hydrogen-bond acceptors (Lipinski definition) is 3. The summed E-state index contributed by atoms with van der Waals surface area (Å²) in [5, 5.41) is 4.62. The normalized spacial score (nSPS) is 12.9. The Bertz CT molecular complexity index is 589. The average Bonchev–Trinajstić information content (AvgIpc) is 2.85. The molecular formula is C14H15BrN2S. The summed E-state index contributed by atoms with van der Waals surface area (Å²) in [6.07, 6.45) is 1.02. The molecule has 0 aliphatic heterocycles. The maximum Gasteiger partial charge on any atom is 0.107 e. The van der Waals surface area contributed by atoms with Gasteiger partial charge in [0, 0.05) is 33.9 Å². The van der Waals surface area contributed by atoms with Crippen molar-refractivity contribution in [1.29, 1.82) is 0 Å². The van der Waals surface area contributed by atoms with E-state index in [-0.39, 0.29) is 0 Å². The number of nitrogens with one attached hydrogen (secondary N) is 1. The molecule has 1 aromatic heterocycles. The molecule has 4 heteroatoms. The van der Waals surface area contributed by atoms with Crippen molar-refractivity contribution >= 4 is 27.3 Å². The molecule has 0 amide bonds.